The second-order valence-corrected chi connectivity index (χ2v) is 10.5. The number of nitrogens with one attached hydrogen (secondary N) is 2. The summed E-state index contributed by atoms with van der Waals surface area (Å²) >= 11 is 0. The molecule has 6 heteroatoms. The number of carbonyl (C=O) groups is 2. The molecule has 6 nitrogen and oxygen atoms in total. The highest BCUT2D eigenvalue weighted by atomic mass is 16.6. The molecular formula is C25H37N3O3. The first kappa shape index (κ1) is 24.6. The molecule has 2 aromatic rings. The van der Waals surface area contributed by atoms with Gasteiger partial charge in [-0.1, -0.05) is 34.6 Å². The van der Waals surface area contributed by atoms with Gasteiger partial charge in [-0.05, 0) is 51.3 Å². The van der Waals surface area contributed by atoms with Crippen molar-refractivity contribution in [3.05, 3.63) is 29.0 Å². The fourth-order valence-corrected chi connectivity index (χ4v) is 3.72. The van der Waals surface area contributed by atoms with Crippen LogP contribution in [0.15, 0.2) is 12.1 Å². The first-order valence-electron chi connectivity index (χ1n) is 10.9. The standard InChI is InChI=1S/C25H37N3O3/c1-15(2)22-16(3)18-12-17(14-26)19(27-23(30)24(4,5)6)13-20(18)28(22)11-10-21(29)31-25(7,8)9/h12-15,26H,10-11H2,1-9H3,(H,27,30). The minimum Gasteiger partial charge on any atom is -0.460 e. The zero-order chi connectivity index (χ0) is 23.7. The van der Waals surface area contributed by atoms with E-state index in [4.69, 9.17) is 10.1 Å². The van der Waals surface area contributed by atoms with E-state index in [0.717, 1.165) is 22.2 Å². The van der Waals surface area contributed by atoms with Crippen molar-refractivity contribution >= 4 is 34.7 Å². The Hall–Kier alpha value is -2.63. The lowest BCUT2D eigenvalue weighted by Gasteiger charge is -2.21. The predicted molar refractivity (Wildman–Crippen MR) is 127 cm³/mol. The number of ether oxygens (including phenoxy) is 1. The van der Waals surface area contributed by atoms with Crippen molar-refractivity contribution in [3.63, 3.8) is 0 Å². The fourth-order valence-electron chi connectivity index (χ4n) is 3.72. The van der Waals surface area contributed by atoms with Crippen LogP contribution in [0.4, 0.5) is 5.69 Å². The molecule has 1 aromatic carbocycles. The zero-order valence-electron chi connectivity index (χ0n) is 20.4. The first-order valence-corrected chi connectivity index (χ1v) is 10.9. The zero-order valence-corrected chi connectivity index (χ0v) is 20.4. The van der Waals surface area contributed by atoms with Crippen molar-refractivity contribution in [2.45, 2.75) is 86.8 Å². The molecule has 1 heterocycles. The lowest BCUT2D eigenvalue weighted by atomic mass is 9.95. The van der Waals surface area contributed by atoms with Gasteiger partial charge in [0.05, 0.1) is 17.6 Å². The Morgan fingerprint density at radius 2 is 1.77 bits per heavy atom. The van der Waals surface area contributed by atoms with E-state index in [2.05, 4.69) is 30.7 Å². The van der Waals surface area contributed by atoms with Gasteiger partial charge in [0, 0.05) is 34.8 Å². The molecule has 0 saturated carbocycles. The van der Waals surface area contributed by atoms with Crippen molar-refractivity contribution < 1.29 is 14.3 Å². The highest BCUT2D eigenvalue weighted by Crippen LogP contribution is 2.34. The third-order valence-corrected chi connectivity index (χ3v) is 5.13. The summed E-state index contributed by atoms with van der Waals surface area (Å²) in [5.74, 6) is -0.0937. The second-order valence-electron chi connectivity index (χ2n) is 10.5. The molecule has 1 aromatic heterocycles. The number of aryl methyl sites for hydroxylation is 2. The van der Waals surface area contributed by atoms with Gasteiger partial charge >= 0.3 is 5.97 Å². The van der Waals surface area contributed by atoms with E-state index < -0.39 is 11.0 Å². The Kier molecular flexibility index (Phi) is 7.03. The van der Waals surface area contributed by atoms with Crippen LogP contribution in [0.25, 0.3) is 10.9 Å². The van der Waals surface area contributed by atoms with Crippen LogP contribution in [-0.2, 0) is 20.9 Å². The van der Waals surface area contributed by atoms with Gasteiger partial charge in [0.15, 0.2) is 0 Å². The average Bonchev–Trinajstić information content (AvgIpc) is 2.88. The van der Waals surface area contributed by atoms with Gasteiger partial charge in [0.2, 0.25) is 5.91 Å². The van der Waals surface area contributed by atoms with E-state index in [1.807, 2.05) is 53.7 Å². The minimum absolute atomic E-state index is 0.109. The number of carbonyl (C=O) groups excluding carboxylic acids is 2. The molecule has 0 unspecified atom stereocenters. The van der Waals surface area contributed by atoms with Crippen LogP contribution in [0, 0.1) is 17.7 Å². The van der Waals surface area contributed by atoms with E-state index in [-0.39, 0.29) is 24.2 Å². The Balaban J connectivity index is 2.57. The summed E-state index contributed by atoms with van der Waals surface area (Å²) < 4.78 is 7.64. The van der Waals surface area contributed by atoms with Crippen LogP contribution < -0.4 is 5.32 Å². The third-order valence-electron chi connectivity index (χ3n) is 5.13. The van der Waals surface area contributed by atoms with Crippen molar-refractivity contribution in [2.24, 2.45) is 5.41 Å². The van der Waals surface area contributed by atoms with Gasteiger partial charge in [0.1, 0.15) is 5.60 Å². The molecule has 0 fully saturated rings. The normalized spacial score (nSPS) is 12.3. The van der Waals surface area contributed by atoms with Crippen LogP contribution in [0.2, 0.25) is 0 Å². The average molecular weight is 428 g/mol. The lowest BCUT2D eigenvalue weighted by Crippen LogP contribution is -2.28. The Morgan fingerprint density at radius 3 is 2.26 bits per heavy atom. The molecule has 31 heavy (non-hydrogen) atoms. The molecule has 0 aliphatic carbocycles. The maximum atomic E-state index is 12.6. The molecule has 0 atom stereocenters. The highest BCUT2D eigenvalue weighted by molar-refractivity contribution is 6.03. The number of benzene rings is 1. The van der Waals surface area contributed by atoms with E-state index >= 15 is 0 Å². The van der Waals surface area contributed by atoms with Gasteiger partial charge < -0.3 is 20.0 Å². The molecule has 170 valence electrons. The summed E-state index contributed by atoms with van der Waals surface area (Å²) in [4.78, 5) is 25.0. The maximum absolute atomic E-state index is 12.6. The van der Waals surface area contributed by atoms with Crippen molar-refractivity contribution in [3.8, 4) is 0 Å². The van der Waals surface area contributed by atoms with Gasteiger partial charge in [-0.25, -0.2) is 0 Å². The monoisotopic (exact) mass is 427 g/mol. The largest absolute Gasteiger partial charge is 0.460 e. The smallest absolute Gasteiger partial charge is 0.308 e. The molecule has 0 radical (unpaired) electrons. The van der Waals surface area contributed by atoms with Crippen LogP contribution in [-0.4, -0.2) is 28.3 Å². The van der Waals surface area contributed by atoms with Crippen LogP contribution in [0.1, 0.15) is 84.5 Å². The lowest BCUT2D eigenvalue weighted by molar-refractivity contribution is -0.155. The fraction of sp³-hybridized carbons (Fsp3) is 0.560. The van der Waals surface area contributed by atoms with Crippen LogP contribution in [0.5, 0.6) is 0 Å². The number of amides is 1. The molecule has 0 bridgehead atoms. The number of rotatable bonds is 6. The second kappa shape index (κ2) is 8.85. The molecular weight excluding hydrogens is 390 g/mol. The number of hydrogen-bond acceptors (Lipinski definition) is 4. The summed E-state index contributed by atoms with van der Waals surface area (Å²) in [6.07, 6.45) is 1.53. The van der Waals surface area contributed by atoms with E-state index in [9.17, 15) is 9.59 Å². The first-order chi connectivity index (χ1) is 14.2. The highest BCUT2D eigenvalue weighted by Gasteiger charge is 2.24. The summed E-state index contributed by atoms with van der Waals surface area (Å²) in [5, 5.41) is 11.9. The predicted octanol–water partition coefficient (Wildman–Crippen LogP) is 5.79. The quantitative estimate of drug-likeness (QED) is 0.452. The number of nitrogens with zero attached hydrogens (tertiary/aromatic N) is 1. The van der Waals surface area contributed by atoms with E-state index in [1.54, 1.807) is 0 Å². The molecule has 0 spiro atoms. The number of esters is 1. The Bertz CT molecular complexity index is 1000. The van der Waals surface area contributed by atoms with E-state index in [1.165, 1.54) is 6.21 Å². The number of aromatic nitrogens is 1. The Morgan fingerprint density at radius 1 is 1.16 bits per heavy atom. The summed E-state index contributed by atoms with van der Waals surface area (Å²) in [6.45, 7) is 18.0. The molecule has 0 aliphatic heterocycles. The SMILES string of the molecule is Cc1c(C(C)C)n(CCC(=O)OC(C)(C)C)c2cc(NC(=O)C(C)(C)C)c(C=N)cc12. The summed E-state index contributed by atoms with van der Waals surface area (Å²) in [6, 6.07) is 3.87. The molecule has 2 rings (SSSR count). The van der Waals surface area contributed by atoms with Gasteiger partial charge in [0.25, 0.3) is 0 Å². The van der Waals surface area contributed by atoms with Crippen molar-refractivity contribution in [2.75, 3.05) is 5.32 Å². The molecule has 0 saturated heterocycles. The van der Waals surface area contributed by atoms with Crippen molar-refractivity contribution in [1.82, 2.24) is 4.57 Å². The molecule has 2 N–H and O–H groups in total. The van der Waals surface area contributed by atoms with E-state index in [0.29, 0.717) is 17.8 Å². The third kappa shape index (κ3) is 5.75. The van der Waals surface area contributed by atoms with Crippen LogP contribution in [0.3, 0.4) is 0 Å². The molecule has 0 aliphatic rings. The van der Waals surface area contributed by atoms with Crippen molar-refractivity contribution in [1.29, 1.82) is 5.41 Å². The molecule has 1 amide bonds. The number of hydrogen-bond donors (Lipinski definition) is 2. The number of fused-ring (bicyclic) bond motifs is 1. The number of anilines is 1. The summed E-state index contributed by atoms with van der Waals surface area (Å²) in [5.41, 5.74) is 3.42. The van der Waals surface area contributed by atoms with Gasteiger partial charge in [-0.3, -0.25) is 9.59 Å². The van der Waals surface area contributed by atoms with Gasteiger partial charge in [-0.15, -0.1) is 0 Å². The Labute approximate surface area is 185 Å². The minimum atomic E-state index is -0.550. The topological polar surface area (TPSA) is 84.2 Å². The maximum Gasteiger partial charge on any atom is 0.308 e. The summed E-state index contributed by atoms with van der Waals surface area (Å²) in [7, 11) is 0. The van der Waals surface area contributed by atoms with Crippen LogP contribution >= 0.6 is 0 Å². The van der Waals surface area contributed by atoms with Gasteiger partial charge in [-0.2, -0.15) is 0 Å².